The van der Waals surface area contributed by atoms with Crippen LogP contribution in [0.3, 0.4) is 0 Å². The molecule has 2 N–H and O–H groups in total. The Hall–Kier alpha value is -2.29. The number of ether oxygens (including phenoxy) is 1. The first-order chi connectivity index (χ1) is 12.6. The van der Waals surface area contributed by atoms with E-state index in [1.807, 2.05) is 17.5 Å². The van der Waals surface area contributed by atoms with E-state index in [0.29, 0.717) is 10.7 Å². The van der Waals surface area contributed by atoms with E-state index in [0.717, 1.165) is 36.2 Å². The van der Waals surface area contributed by atoms with E-state index >= 15 is 0 Å². The number of thiazole rings is 1. The molecule has 0 aliphatic carbocycles. The fraction of sp³-hybridized carbons (Fsp3) is 0.389. The summed E-state index contributed by atoms with van der Waals surface area (Å²) in [5.74, 6) is -0.186. The topological polar surface area (TPSA) is 83.1 Å². The van der Waals surface area contributed by atoms with Crippen LogP contribution in [-0.4, -0.2) is 51.3 Å². The number of fused-ring (bicyclic) bond motifs is 1. The van der Waals surface area contributed by atoms with E-state index in [2.05, 4.69) is 39.2 Å². The van der Waals surface area contributed by atoms with Crippen LogP contribution >= 0.6 is 11.3 Å². The zero-order valence-corrected chi connectivity index (χ0v) is 15.5. The van der Waals surface area contributed by atoms with Gasteiger partial charge in [-0.05, 0) is 19.9 Å². The molecule has 4 rings (SSSR count). The van der Waals surface area contributed by atoms with Gasteiger partial charge in [0.1, 0.15) is 0 Å². The van der Waals surface area contributed by atoms with Crippen molar-refractivity contribution in [2.75, 3.05) is 18.4 Å². The van der Waals surface area contributed by atoms with Gasteiger partial charge in [-0.25, -0.2) is 4.98 Å². The highest BCUT2D eigenvalue weighted by Gasteiger charge is 2.23. The second-order valence-corrected chi connectivity index (χ2v) is 7.55. The van der Waals surface area contributed by atoms with Crippen LogP contribution in [0.15, 0.2) is 29.8 Å². The summed E-state index contributed by atoms with van der Waals surface area (Å²) in [5, 5.41) is 13.3. The molecule has 136 valence electrons. The van der Waals surface area contributed by atoms with E-state index in [-0.39, 0.29) is 18.1 Å². The predicted molar refractivity (Wildman–Crippen MR) is 101 cm³/mol. The largest absolute Gasteiger partial charge is 0.373 e. The van der Waals surface area contributed by atoms with Gasteiger partial charge in [0.05, 0.1) is 35.2 Å². The monoisotopic (exact) mass is 371 g/mol. The van der Waals surface area contributed by atoms with Crippen LogP contribution in [0.1, 0.15) is 29.9 Å². The quantitative estimate of drug-likeness (QED) is 0.737. The normalized spacial score (nSPS) is 21.2. The minimum Gasteiger partial charge on any atom is -0.373 e. The SMILES string of the molecule is C[C@@H]1CN(Cc2csc(NC(=O)c3cccc4cn[nH]c34)n2)C[C@H](C)O1. The highest BCUT2D eigenvalue weighted by Crippen LogP contribution is 2.21. The number of para-hydroxylation sites is 1. The number of hydrogen-bond donors (Lipinski definition) is 2. The molecule has 0 unspecified atom stereocenters. The molecule has 2 aromatic heterocycles. The predicted octanol–water partition coefficient (Wildman–Crippen LogP) is 2.88. The number of hydrogen-bond acceptors (Lipinski definition) is 6. The first kappa shape index (κ1) is 17.1. The average molecular weight is 371 g/mol. The van der Waals surface area contributed by atoms with E-state index < -0.39 is 0 Å². The van der Waals surface area contributed by atoms with Gasteiger partial charge in [0.2, 0.25) is 0 Å². The van der Waals surface area contributed by atoms with E-state index in [9.17, 15) is 4.79 Å². The molecule has 26 heavy (non-hydrogen) atoms. The Morgan fingerprint density at radius 2 is 2.19 bits per heavy atom. The number of carbonyl (C=O) groups is 1. The molecule has 0 spiro atoms. The van der Waals surface area contributed by atoms with Gasteiger partial charge >= 0.3 is 0 Å². The van der Waals surface area contributed by atoms with Crippen LogP contribution in [0, 0.1) is 0 Å². The molecule has 8 heteroatoms. The molecule has 0 bridgehead atoms. The number of H-pyrrole nitrogens is 1. The average Bonchev–Trinajstić information content (AvgIpc) is 3.22. The second-order valence-electron chi connectivity index (χ2n) is 6.69. The highest BCUT2D eigenvalue weighted by molar-refractivity contribution is 7.14. The molecule has 1 fully saturated rings. The van der Waals surface area contributed by atoms with Crippen molar-refractivity contribution in [2.45, 2.75) is 32.6 Å². The summed E-state index contributed by atoms with van der Waals surface area (Å²) in [5.41, 5.74) is 2.26. The molecule has 2 atom stereocenters. The third-order valence-electron chi connectivity index (χ3n) is 4.37. The number of anilines is 1. The zero-order valence-electron chi connectivity index (χ0n) is 14.7. The van der Waals surface area contributed by atoms with E-state index in [4.69, 9.17) is 4.74 Å². The molecular formula is C18H21N5O2S. The maximum absolute atomic E-state index is 12.6. The van der Waals surface area contributed by atoms with Gasteiger partial charge in [-0.3, -0.25) is 20.1 Å². The van der Waals surface area contributed by atoms with Crippen molar-refractivity contribution >= 4 is 33.3 Å². The molecular weight excluding hydrogens is 350 g/mol. The van der Waals surface area contributed by atoms with Gasteiger partial charge in [-0.1, -0.05) is 12.1 Å². The van der Waals surface area contributed by atoms with Crippen molar-refractivity contribution in [3.63, 3.8) is 0 Å². The molecule has 1 aliphatic heterocycles. The lowest BCUT2D eigenvalue weighted by Gasteiger charge is -2.34. The summed E-state index contributed by atoms with van der Waals surface area (Å²) >= 11 is 1.44. The van der Waals surface area contributed by atoms with Crippen LogP contribution in [0.25, 0.3) is 10.9 Å². The molecule has 1 aliphatic rings. The Labute approximate surface area is 155 Å². The number of carbonyl (C=O) groups excluding carboxylic acids is 1. The number of aromatic nitrogens is 3. The summed E-state index contributed by atoms with van der Waals surface area (Å²) < 4.78 is 5.76. The summed E-state index contributed by atoms with van der Waals surface area (Å²) in [6, 6.07) is 5.54. The zero-order chi connectivity index (χ0) is 18.1. The number of rotatable bonds is 4. The number of amides is 1. The van der Waals surface area contributed by atoms with E-state index in [1.54, 1.807) is 12.3 Å². The lowest BCUT2D eigenvalue weighted by Crippen LogP contribution is -2.44. The fourth-order valence-electron chi connectivity index (χ4n) is 3.40. The smallest absolute Gasteiger partial charge is 0.259 e. The standard InChI is InChI=1S/C18H21N5O2S/c1-11-7-23(8-12(2)25-11)9-14-10-26-18(20-14)21-17(24)15-5-3-4-13-6-19-22-16(13)15/h3-6,10-12H,7-9H2,1-2H3,(H,19,22)(H,20,21,24)/t11-,12+. The molecule has 3 aromatic rings. The summed E-state index contributed by atoms with van der Waals surface area (Å²) in [7, 11) is 0. The van der Waals surface area contributed by atoms with Gasteiger partial charge in [0, 0.05) is 30.4 Å². The molecule has 3 heterocycles. The number of morpholine rings is 1. The summed E-state index contributed by atoms with van der Waals surface area (Å²) in [4.78, 5) is 19.5. The van der Waals surface area contributed by atoms with E-state index in [1.165, 1.54) is 11.3 Å². The van der Waals surface area contributed by atoms with Crippen molar-refractivity contribution in [1.29, 1.82) is 0 Å². The number of aromatic amines is 1. The first-order valence-electron chi connectivity index (χ1n) is 8.64. The van der Waals surface area contributed by atoms with Crippen molar-refractivity contribution in [2.24, 2.45) is 0 Å². The molecule has 1 amide bonds. The molecule has 1 aromatic carbocycles. The Bertz CT molecular complexity index is 911. The van der Waals surface area contributed by atoms with Crippen molar-refractivity contribution < 1.29 is 9.53 Å². The Morgan fingerprint density at radius 1 is 1.38 bits per heavy atom. The lowest BCUT2D eigenvalue weighted by atomic mass is 10.1. The Kier molecular flexibility index (Phi) is 4.71. The first-order valence-corrected chi connectivity index (χ1v) is 9.52. The number of nitrogens with one attached hydrogen (secondary N) is 2. The van der Waals surface area contributed by atoms with Crippen LogP contribution < -0.4 is 5.32 Å². The third kappa shape index (κ3) is 3.62. The maximum Gasteiger partial charge on any atom is 0.259 e. The second kappa shape index (κ2) is 7.14. The fourth-order valence-corrected chi connectivity index (χ4v) is 4.10. The van der Waals surface area contributed by atoms with Gasteiger partial charge in [0.25, 0.3) is 5.91 Å². The summed E-state index contributed by atoms with van der Waals surface area (Å²) in [6.07, 6.45) is 2.16. The molecule has 7 nitrogen and oxygen atoms in total. The minimum absolute atomic E-state index is 0.186. The molecule has 0 saturated carbocycles. The van der Waals surface area contributed by atoms with Crippen molar-refractivity contribution in [3.05, 3.63) is 41.0 Å². The van der Waals surface area contributed by atoms with Crippen LogP contribution in [0.4, 0.5) is 5.13 Å². The Morgan fingerprint density at radius 3 is 3.00 bits per heavy atom. The molecule has 0 radical (unpaired) electrons. The minimum atomic E-state index is -0.186. The lowest BCUT2D eigenvalue weighted by molar-refractivity contribution is -0.0707. The number of nitrogens with zero attached hydrogens (tertiary/aromatic N) is 3. The van der Waals surface area contributed by atoms with Gasteiger partial charge in [-0.2, -0.15) is 5.10 Å². The number of benzene rings is 1. The third-order valence-corrected chi connectivity index (χ3v) is 5.18. The van der Waals surface area contributed by atoms with Crippen LogP contribution in [-0.2, 0) is 11.3 Å². The highest BCUT2D eigenvalue weighted by atomic mass is 32.1. The van der Waals surface area contributed by atoms with Gasteiger partial charge < -0.3 is 4.74 Å². The van der Waals surface area contributed by atoms with Crippen LogP contribution in [0.5, 0.6) is 0 Å². The van der Waals surface area contributed by atoms with Gasteiger partial charge in [0.15, 0.2) is 5.13 Å². The summed E-state index contributed by atoms with van der Waals surface area (Å²) in [6.45, 7) is 6.73. The maximum atomic E-state index is 12.6. The van der Waals surface area contributed by atoms with Gasteiger partial charge in [-0.15, -0.1) is 11.3 Å². The molecule has 1 saturated heterocycles. The van der Waals surface area contributed by atoms with Crippen molar-refractivity contribution in [1.82, 2.24) is 20.1 Å². The Balaban J connectivity index is 1.43. The van der Waals surface area contributed by atoms with Crippen molar-refractivity contribution in [3.8, 4) is 0 Å². The van der Waals surface area contributed by atoms with Crippen LogP contribution in [0.2, 0.25) is 0 Å².